The van der Waals surface area contributed by atoms with Crippen molar-refractivity contribution < 1.29 is 17.9 Å². The first-order chi connectivity index (χ1) is 11.9. The number of anilines is 1. The number of benzene rings is 1. The normalized spacial score (nSPS) is 26.6. The van der Waals surface area contributed by atoms with Crippen molar-refractivity contribution in [1.29, 1.82) is 0 Å². The molecule has 1 aromatic carbocycles. The van der Waals surface area contributed by atoms with Crippen molar-refractivity contribution >= 4 is 15.9 Å². The van der Waals surface area contributed by atoms with Gasteiger partial charge in [-0.1, -0.05) is 12.1 Å². The van der Waals surface area contributed by atoms with E-state index in [0.717, 1.165) is 11.4 Å². The van der Waals surface area contributed by atoms with Crippen LogP contribution in [0, 0.1) is 0 Å². The Balaban J connectivity index is 1.67. The van der Waals surface area contributed by atoms with E-state index in [-0.39, 0.29) is 12.2 Å². The predicted octanol–water partition coefficient (Wildman–Crippen LogP) is 1.17. The molecule has 0 bridgehead atoms. The van der Waals surface area contributed by atoms with Crippen molar-refractivity contribution in [1.82, 2.24) is 8.61 Å². The van der Waals surface area contributed by atoms with Crippen molar-refractivity contribution in [2.24, 2.45) is 0 Å². The highest BCUT2D eigenvalue weighted by Gasteiger charge is 2.36. The van der Waals surface area contributed by atoms with Gasteiger partial charge in [0.1, 0.15) is 5.75 Å². The summed E-state index contributed by atoms with van der Waals surface area (Å²) >= 11 is 0. The lowest BCUT2D eigenvalue weighted by atomic mass is 10.2. The molecule has 25 heavy (non-hydrogen) atoms. The van der Waals surface area contributed by atoms with Gasteiger partial charge in [0.05, 0.1) is 25.0 Å². The molecule has 2 heterocycles. The van der Waals surface area contributed by atoms with E-state index in [0.29, 0.717) is 39.3 Å². The number of ether oxygens (including phenoxy) is 2. The van der Waals surface area contributed by atoms with Crippen LogP contribution in [0.3, 0.4) is 0 Å². The number of methoxy groups -OCH3 is 1. The second kappa shape index (κ2) is 7.49. The van der Waals surface area contributed by atoms with Crippen molar-refractivity contribution in [3.63, 3.8) is 0 Å². The van der Waals surface area contributed by atoms with E-state index >= 15 is 0 Å². The lowest BCUT2D eigenvalue weighted by molar-refractivity contribution is -0.0455. The smallest absolute Gasteiger partial charge is 0.282 e. The number of hydrogen-bond acceptors (Lipinski definition) is 5. The first-order valence-electron chi connectivity index (χ1n) is 8.70. The summed E-state index contributed by atoms with van der Waals surface area (Å²) in [6.07, 6.45) is -0.151. The number of piperazine rings is 1. The van der Waals surface area contributed by atoms with E-state index in [1.165, 1.54) is 0 Å². The van der Waals surface area contributed by atoms with E-state index < -0.39 is 10.2 Å². The van der Waals surface area contributed by atoms with Crippen LogP contribution in [0.5, 0.6) is 5.75 Å². The van der Waals surface area contributed by atoms with Gasteiger partial charge in [-0.3, -0.25) is 0 Å². The van der Waals surface area contributed by atoms with Gasteiger partial charge in [-0.25, -0.2) is 0 Å². The quantitative estimate of drug-likeness (QED) is 0.797. The van der Waals surface area contributed by atoms with Crippen molar-refractivity contribution in [2.45, 2.75) is 26.1 Å². The summed E-state index contributed by atoms with van der Waals surface area (Å²) in [6.45, 7) is 6.90. The second-order valence-electron chi connectivity index (χ2n) is 6.64. The average molecular weight is 369 g/mol. The molecule has 0 unspecified atom stereocenters. The van der Waals surface area contributed by atoms with Crippen molar-refractivity contribution in [3.05, 3.63) is 24.3 Å². The van der Waals surface area contributed by atoms with Gasteiger partial charge < -0.3 is 14.4 Å². The predicted molar refractivity (Wildman–Crippen MR) is 97.3 cm³/mol. The van der Waals surface area contributed by atoms with Gasteiger partial charge in [-0.05, 0) is 26.0 Å². The molecule has 0 aliphatic carbocycles. The zero-order valence-electron chi connectivity index (χ0n) is 15.1. The first kappa shape index (κ1) is 18.4. The van der Waals surface area contributed by atoms with Crippen LogP contribution in [0.1, 0.15) is 13.8 Å². The molecule has 7 nitrogen and oxygen atoms in total. The third-order valence-corrected chi connectivity index (χ3v) is 6.67. The molecule has 2 aliphatic heterocycles. The van der Waals surface area contributed by atoms with Gasteiger partial charge in [0.2, 0.25) is 0 Å². The minimum absolute atomic E-state index is 0.0756. The number of morpholine rings is 1. The van der Waals surface area contributed by atoms with Crippen molar-refractivity contribution in [3.8, 4) is 5.75 Å². The summed E-state index contributed by atoms with van der Waals surface area (Å²) in [5, 5.41) is 0. The molecule has 0 spiro atoms. The summed E-state index contributed by atoms with van der Waals surface area (Å²) in [7, 11) is -1.79. The maximum Gasteiger partial charge on any atom is 0.282 e. The van der Waals surface area contributed by atoms with E-state index in [9.17, 15) is 8.42 Å². The molecule has 0 N–H and O–H groups in total. The monoisotopic (exact) mass is 369 g/mol. The van der Waals surface area contributed by atoms with Gasteiger partial charge in [-0.15, -0.1) is 0 Å². The first-order valence-corrected chi connectivity index (χ1v) is 10.1. The molecular weight excluding hydrogens is 342 g/mol. The molecule has 0 saturated carbocycles. The zero-order chi connectivity index (χ0) is 18.0. The fraction of sp³-hybridized carbons (Fsp3) is 0.647. The molecule has 8 heteroatoms. The average Bonchev–Trinajstić information content (AvgIpc) is 2.61. The molecule has 140 valence electrons. The number of para-hydroxylation sites is 2. The van der Waals surface area contributed by atoms with Gasteiger partial charge in [0.25, 0.3) is 10.2 Å². The van der Waals surface area contributed by atoms with E-state index in [1.54, 1.807) is 15.7 Å². The zero-order valence-corrected chi connectivity index (χ0v) is 15.9. The van der Waals surface area contributed by atoms with Crippen LogP contribution < -0.4 is 9.64 Å². The molecule has 0 aromatic heterocycles. The van der Waals surface area contributed by atoms with Crippen LogP contribution in [0.4, 0.5) is 5.69 Å². The lowest BCUT2D eigenvalue weighted by Crippen LogP contribution is -2.57. The van der Waals surface area contributed by atoms with Crippen LogP contribution in [-0.2, 0) is 14.9 Å². The molecule has 0 radical (unpaired) electrons. The summed E-state index contributed by atoms with van der Waals surface area (Å²) < 4.78 is 40.1. The van der Waals surface area contributed by atoms with Crippen LogP contribution in [0.15, 0.2) is 24.3 Å². The number of hydrogen-bond donors (Lipinski definition) is 0. The Hall–Kier alpha value is -1.35. The minimum atomic E-state index is -3.44. The van der Waals surface area contributed by atoms with Crippen LogP contribution in [-0.4, -0.2) is 75.6 Å². The SMILES string of the molecule is COc1ccccc1N1CCN(S(=O)(=O)N2C[C@H](C)O[C@@H](C)C2)CC1. The van der Waals surface area contributed by atoms with Gasteiger partial charge in [-0.2, -0.15) is 17.0 Å². The summed E-state index contributed by atoms with van der Waals surface area (Å²) in [6, 6.07) is 7.84. The van der Waals surface area contributed by atoms with E-state index in [1.807, 2.05) is 38.1 Å². The maximum absolute atomic E-state index is 13.0. The van der Waals surface area contributed by atoms with Gasteiger partial charge in [0.15, 0.2) is 0 Å². The van der Waals surface area contributed by atoms with Crippen LogP contribution in [0.2, 0.25) is 0 Å². The molecule has 0 amide bonds. The summed E-state index contributed by atoms with van der Waals surface area (Å²) in [5.74, 6) is 0.814. The third kappa shape index (κ3) is 3.92. The Bertz CT molecular complexity index is 679. The fourth-order valence-electron chi connectivity index (χ4n) is 3.53. The molecule has 2 fully saturated rings. The number of nitrogens with zero attached hydrogens (tertiary/aromatic N) is 3. The molecule has 1 aromatic rings. The van der Waals surface area contributed by atoms with E-state index in [2.05, 4.69) is 4.90 Å². The van der Waals surface area contributed by atoms with Gasteiger partial charge in [0, 0.05) is 39.3 Å². The van der Waals surface area contributed by atoms with Gasteiger partial charge >= 0.3 is 0 Å². The molecule has 2 atom stereocenters. The topological polar surface area (TPSA) is 62.3 Å². The maximum atomic E-state index is 13.0. The molecule has 2 saturated heterocycles. The van der Waals surface area contributed by atoms with Crippen molar-refractivity contribution in [2.75, 3.05) is 51.3 Å². The van der Waals surface area contributed by atoms with E-state index in [4.69, 9.17) is 9.47 Å². The van der Waals surface area contributed by atoms with Crippen LogP contribution >= 0.6 is 0 Å². The largest absolute Gasteiger partial charge is 0.495 e. The second-order valence-corrected chi connectivity index (χ2v) is 8.57. The Kier molecular flexibility index (Phi) is 5.52. The highest BCUT2D eigenvalue weighted by Crippen LogP contribution is 2.29. The molecular formula is C17H27N3O4S. The third-order valence-electron chi connectivity index (χ3n) is 4.70. The molecule has 3 rings (SSSR count). The minimum Gasteiger partial charge on any atom is -0.495 e. The summed E-state index contributed by atoms with van der Waals surface area (Å²) in [4.78, 5) is 2.18. The van der Waals surface area contributed by atoms with Crippen LogP contribution in [0.25, 0.3) is 0 Å². The lowest BCUT2D eigenvalue weighted by Gasteiger charge is -2.41. The Morgan fingerprint density at radius 1 is 1.00 bits per heavy atom. The Labute approximate surface area is 150 Å². The highest BCUT2D eigenvalue weighted by atomic mass is 32.2. The molecule has 2 aliphatic rings. The number of rotatable bonds is 4. The standard InChI is InChI=1S/C17H27N3O4S/c1-14-12-20(13-15(2)24-14)25(21,22)19-10-8-18(9-11-19)16-6-4-5-7-17(16)23-3/h4-7,14-15H,8-13H2,1-3H3/t14-,15-/m0/s1. The summed E-state index contributed by atoms with van der Waals surface area (Å²) in [5.41, 5.74) is 1.01. The Morgan fingerprint density at radius 3 is 2.20 bits per heavy atom. The Morgan fingerprint density at radius 2 is 1.60 bits per heavy atom. The highest BCUT2D eigenvalue weighted by molar-refractivity contribution is 7.86. The fourth-order valence-corrected chi connectivity index (χ4v) is 5.28.